The predicted molar refractivity (Wildman–Crippen MR) is 119 cm³/mol. The molecule has 0 saturated carbocycles. The Bertz CT molecular complexity index is 1040. The molecular formula is C21H21ClN4O3S. The predicted octanol–water partition coefficient (Wildman–Crippen LogP) is 4.73. The summed E-state index contributed by atoms with van der Waals surface area (Å²) in [5, 5.41) is 12.0. The zero-order valence-corrected chi connectivity index (χ0v) is 18.0. The van der Waals surface area contributed by atoms with E-state index in [1.54, 1.807) is 7.11 Å². The Labute approximate surface area is 183 Å². The van der Waals surface area contributed by atoms with E-state index >= 15 is 0 Å². The fourth-order valence-corrected chi connectivity index (χ4v) is 4.25. The van der Waals surface area contributed by atoms with E-state index in [0.29, 0.717) is 27.4 Å². The van der Waals surface area contributed by atoms with E-state index in [0.717, 1.165) is 37.3 Å². The van der Waals surface area contributed by atoms with Crippen molar-refractivity contribution in [2.24, 2.45) is 0 Å². The van der Waals surface area contributed by atoms with Crippen LogP contribution in [0.1, 0.15) is 12.8 Å². The van der Waals surface area contributed by atoms with Crippen LogP contribution in [0.3, 0.4) is 0 Å². The van der Waals surface area contributed by atoms with Crippen LogP contribution in [0.4, 0.5) is 11.4 Å². The molecule has 1 aromatic heterocycles. The van der Waals surface area contributed by atoms with E-state index in [2.05, 4.69) is 20.4 Å². The zero-order valence-electron chi connectivity index (χ0n) is 16.4. The van der Waals surface area contributed by atoms with Crippen LogP contribution < -0.4 is 15.0 Å². The van der Waals surface area contributed by atoms with Crippen LogP contribution >= 0.6 is 23.4 Å². The van der Waals surface area contributed by atoms with Gasteiger partial charge in [0.2, 0.25) is 5.91 Å². The Morgan fingerprint density at radius 2 is 2.00 bits per heavy atom. The number of hydrogen-bond acceptors (Lipinski definition) is 7. The van der Waals surface area contributed by atoms with E-state index in [-0.39, 0.29) is 11.7 Å². The number of hydrogen-bond donors (Lipinski definition) is 1. The molecule has 0 aliphatic carbocycles. The van der Waals surface area contributed by atoms with Gasteiger partial charge in [-0.25, -0.2) is 0 Å². The molecule has 3 aromatic rings. The van der Waals surface area contributed by atoms with Crippen molar-refractivity contribution in [1.82, 2.24) is 10.2 Å². The topological polar surface area (TPSA) is 80.5 Å². The Morgan fingerprint density at radius 1 is 1.20 bits per heavy atom. The van der Waals surface area contributed by atoms with Gasteiger partial charge in [0.1, 0.15) is 5.75 Å². The summed E-state index contributed by atoms with van der Waals surface area (Å²) in [6, 6.07) is 12.9. The minimum Gasteiger partial charge on any atom is -0.496 e. The molecule has 1 aliphatic rings. The molecular weight excluding hydrogens is 424 g/mol. The molecule has 9 heteroatoms. The number of nitrogens with one attached hydrogen (secondary N) is 1. The fourth-order valence-electron chi connectivity index (χ4n) is 3.39. The third-order valence-corrected chi connectivity index (χ3v) is 5.88. The molecule has 4 rings (SSSR count). The normalized spacial score (nSPS) is 13.5. The average Bonchev–Trinajstić information content (AvgIpc) is 3.45. The third-order valence-electron chi connectivity index (χ3n) is 4.75. The van der Waals surface area contributed by atoms with E-state index in [4.69, 9.17) is 20.8 Å². The summed E-state index contributed by atoms with van der Waals surface area (Å²) in [7, 11) is 1.58. The van der Waals surface area contributed by atoms with Crippen LogP contribution in [0.2, 0.25) is 5.02 Å². The number of ether oxygens (including phenoxy) is 1. The van der Waals surface area contributed by atoms with E-state index < -0.39 is 0 Å². The Balaban J connectivity index is 1.41. The van der Waals surface area contributed by atoms with E-state index in [1.165, 1.54) is 11.8 Å². The molecule has 30 heavy (non-hydrogen) atoms. The van der Waals surface area contributed by atoms with Crippen LogP contribution in [0.15, 0.2) is 52.1 Å². The van der Waals surface area contributed by atoms with Crippen LogP contribution in [0, 0.1) is 0 Å². The minimum absolute atomic E-state index is 0.138. The van der Waals surface area contributed by atoms with Crippen molar-refractivity contribution in [3.8, 4) is 17.2 Å². The Kier molecular flexibility index (Phi) is 6.44. The first kappa shape index (κ1) is 20.6. The molecule has 0 spiro atoms. The van der Waals surface area contributed by atoms with Crippen molar-refractivity contribution >= 4 is 40.6 Å². The number of benzene rings is 2. The van der Waals surface area contributed by atoms with Crippen molar-refractivity contribution in [3.63, 3.8) is 0 Å². The van der Waals surface area contributed by atoms with Gasteiger partial charge in [0.15, 0.2) is 0 Å². The summed E-state index contributed by atoms with van der Waals surface area (Å²) in [6.45, 7) is 1.88. The van der Waals surface area contributed by atoms with Gasteiger partial charge in [0, 0.05) is 13.1 Å². The number of halogens is 1. The van der Waals surface area contributed by atoms with Crippen molar-refractivity contribution in [2.75, 3.05) is 36.2 Å². The second kappa shape index (κ2) is 9.40. The second-order valence-corrected chi connectivity index (χ2v) is 8.07. The molecule has 156 valence electrons. The lowest BCUT2D eigenvalue weighted by atomic mass is 10.2. The molecule has 1 aliphatic heterocycles. The molecule has 0 radical (unpaired) electrons. The maximum Gasteiger partial charge on any atom is 0.277 e. The van der Waals surface area contributed by atoms with Crippen molar-refractivity contribution in [3.05, 3.63) is 47.5 Å². The van der Waals surface area contributed by atoms with Crippen LogP contribution in [0.5, 0.6) is 5.75 Å². The van der Waals surface area contributed by atoms with Gasteiger partial charge in [-0.15, -0.1) is 10.2 Å². The maximum atomic E-state index is 12.5. The number of amides is 1. The number of carbonyl (C=O) groups is 1. The van der Waals surface area contributed by atoms with Gasteiger partial charge in [-0.1, -0.05) is 41.6 Å². The summed E-state index contributed by atoms with van der Waals surface area (Å²) in [6.07, 6.45) is 2.25. The first-order chi connectivity index (χ1) is 14.7. The SMILES string of the molecule is COc1ccccc1-c1nnc(SCC(=O)Nc2cccc(Cl)c2N2CCCC2)o1. The lowest BCUT2D eigenvalue weighted by Crippen LogP contribution is -2.22. The Morgan fingerprint density at radius 3 is 2.80 bits per heavy atom. The van der Waals surface area contributed by atoms with E-state index in [1.807, 2.05) is 42.5 Å². The average molecular weight is 445 g/mol. The van der Waals surface area contributed by atoms with Gasteiger partial charge in [0.25, 0.3) is 11.1 Å². The fraction of sp³-hybridized carbons (Fsp3) is 0.286. The first-order valence-corrected chi connectivity index (χ1v) is 10.9. The third kappa shape index (κ3) is 4.55. The molecule has 0 atom stereocenters. The number of thioether (sulfide) groups is 1. The molecule has 1 fully saturated rings. The molecule has 2 aromatic carbocycles. The van der Waals surface area contributed by atoms with Crippen LogP contribution in [-0.2, 0) is 4.79 Å². The molecule has 1 amide bonds. The molecule has 2 heterocycles. The highest BCUT2D eigenvalue weighted by Gasteiger charge is 2.20. The maximum absolute atomic E-state index is 12.5. The van der Waals surface area contributed by atoms with Crippen molar-refractivity contribution in [2.45, 2.75) is 18.1 Å². The highest BCUT2D eigenvalue weighted by Crippen LogP contribution is 2.36. The number of aromatic nitrogens is 2. The van der Waals surface area contributed by atoms with Crippen molar-refractivity contribution in [1.29, 1.82) is 0 Å². The summed E-state index contributed by atoms with van der Waals surface area (Å²) in [5.41, 5.74) is 2.31. The molecule has 1 saturated heterocycles. The quantitative estimate of drug-likeness (QED) is 0.527. The second-order valence-electron chi connectivity index (χ2n) is 6.74. The van der Waals surface area contributed by atoms with Crippen LogP contribution in [0.25, 0.3) is 11.5 Å². The van der Waals surface area contributed by atoms with Gasteiger partial charge < -0.3 is 19.4 Å². The number of methoxy groups -OCH3 is 1. The highest BCUT2D eigenvalue weighted by molar-refractivity contribution is 7.99. The van der Waals surface area contributed by atoms with Gasteiger partial charge in [-0.3, -0.25) is 4.79 Å². The molecule has 0 unspecified atom stereocenters. The number of para-hydroxylation sites is 2. The zero-order chi connectivity index (χ0) is 20.9. The summed E-state index contributed by atoms with van der Waals surface area (Å²) < 4.78 is 11.0. The number of rotatable bonds is 7. The van der Waals surface area contributed by atoms with E-state index in [9.17, 15) is 4.79 Å². The number of carbonyl (C=O) groups excluding carboxylic acids is 1. The van der Waals surface area contributed by atoms with Gasteiger partial charge >= 0.3 is 0 Å². The largest absolute Gasteiger partial charge is 0.496 e. The number of anilines is 2. The smallest absolute Gasteiger partial charge is 0.277 e. The standard InChI is InChI=1S/C21H21ClN4O3S/c1-28-17-10-3-2-7-14(17)20-24-25-21(29-20)30-13-18(27)23-16-9-6-8-15(22)19(16)26-11-4-5-12-26/h2-3,6-10H,4-5,11-13H2,1H3,(H,23,27). The molecule has 1 N–H and O–H groups in total. The summed E-state index contributed by atoms with van der Waals surface area (Å²) in [5.74, 6) is 0.964. The summed E-state index contributed by atoms with van der Waals surface area (Å²) in [4.78, 5) is 14.7. The summed E-state index contributed by atoms with van der Waals surface area (Å²) >= 11 is 7.59. The monoisotopic (exact) mass is 444 g/mol. The molecule has 0 bridgehead atoms. The van der Waals surface area contributed by atoms with Gasteiger partial charge in [0.05, 0.1) is 34.8 Å². The number of nitrogens with zero attached hydrogens (tertiary/aromatic N) is 3. The Hall–Kier alpha value is -2.71. The van der Waals surface area contributed by atoms with Crippen molar-refractivity contribution < 1.29 is 13.9 Å². The molecule has 7 nitrogen and oxygen atoms in total. The van der Waals surface area contributed by atoms with Gasteiger partial charge in [-0.05, 0) is 37.1 Å². The van der Waals surface area contributed by atoms with Crippen LogP contribution in [-0.4, -0.2) is 42.1 Å². The van der Waals surface area contributed by atoms with Gasteiger partial charge in [-0.2, -0.15) is 0 Å². The first-order valence-electron chi connectivity index (χ1n) is 9.58. The minimum atomic E-state index is -0.167. The lowest BCUT2D eigenvalue weighted by molar-refractivity contribution is -0.113. The lowest BCUT2D eigenvalue weighted by Gasteiger charge is -2.22. The highest BCUT2D eigenvalue weighted by atomic mass is 35.5.